The Balaban J connectivity index is 1.87. The van der Waals surface area contributed by atoms with Gasteiger partial charge in [0.15, 0.2) is 10.8 Å². The van der Waals surface area contributed by atoms with Crippen molar-refractivity contribution < 1.29 is 4.79 Å². The number of hydrogen-bond acceptors (Lipinski definition) is 3. The number of rotatable bonds is 2. The van der Waals surface area contributed by atoms with Gasteiger partial charge in [0.1, 0.15) is 0 Å². The molecule has 0 fully saturated rings. The predicted molar refractivity (Wildman–Crippen MR) is 81.5 cm³/mol. The largest absolute Gasteiger partial charge is 0.331 e. The molecule has 0 radical (unpaired) electrons. The molecule has 6 nitrogen and oxygen atoms in total. The van der Waals surface area contributed by atoms with Crippen LogP contribution in [0, 0.1) is 0 Å². The molecule has 0 bridgehead atoms. The molecule has 20 heavy (non-hydrogen) atoms. The molecular formula is C12H12ClN5OS. The van der Waals surface area contributed by atoms with Gasteiger partial charge in [0.05, 0.1) is 5.02 Å². The van der Waals surface area contributed by atoms with Crippen molar-refractivity contribution in [3.8, 4) is 0 Å². The van der Waals surface area contributed by atoms with Crippen molar-refractivity contribution in [2.75, 3.05) is 5.32 Å². The number of halogens is 1. The first-order valence-electron chi connectivity index (χ1n) is 5.68. The van der Waals surface area contributed by atoms with E-state index >= 15 is 0 Å². The van der Waals surface area contributed by atoms with Crippen molar-refractivity contribution in [1.29, 1.82) is 0 Å². The zero-order valence-electron chi connectivity index (χ0n) is 10.6. The molecule has 3 N–H and O–H groups in total. The summed E-state index contributed by atoms with van der Waals surface area (Å²) in [5.41, 5.74) is 5.94. The number of carbonyl (C=O) groups excluding carboxylic acids is 1. The minimum absolute atomic E-state index is 0.129. The molecule has 8 heteroatoms. The number of hydrogen-bond donors (Lipinski definition) is 3. The van der Waals surface area contributed by atoms with Crippen LogP contribution in [0.3, 0.4) is 0 Å². The predicted octanol–water partition coefficient (Wildman–Crippen LogP) is 1.70. The SMILES string of the molecule is Cn1cc(Cl)c(C(=O)NNC(=S)Nc2ccccc2)n1. The Morgan fingerprint density at radius 1 is 1.30 bits per heavy atom. The highest BCUT2D eigenvalue weighted by Crippen LogP contribution is 2.12. The Morgan fingerprint density at radius 2 is 2.00 bits per heavy atom. The van der Waals surface area contributed by atoms with E-state index in [9.17, 15) is 4.79 Å². The fraction of sp³-hybridized carbons (Fsp3) is 0.0833. The molecule has 0 spiro atoms. The summed E-state index contributed by atoms with van der Waals surface area (Å²) in [7, 11) is 1.68. The van der Waals surface area contributed by atoms with E-state index in [1.807, 2.05) is 30.3 Å². The van der Waals surface area contributed by atoms with E-state index in [2.05, 4.69) is 21.3 Å². The monoisotopic (exact) mass is 309 g/mol. The second kappa shape index (κ2) is 6.36. The molecule has 0 saturated carbocycles. The Bertz CT molecular complexity index is 628. The number of benzene rings is 1. The summed E-state index contributed by atoms with van der Waals surface area (Å²) in [5.74, 6) is -0.465. The number of para-hydroxylation sites is 1. The standard InChI is InChI=1S/C12H12ClN5OS/c1-18-7-9(13)10(17-18)11(19)15-16-12(20)14-8-5-3-2-4-6-8/h2-7H,1H3,(H,15,19)(H2,14,16,20). The maximum Gasteiger partial charge on any atom is 0.291 e. The number of carbonyl (C=O) groups is 1. The van der Waals surface area contributed by atoms with Crippen molar-refractivity contribution in [2.24, 2.45) is 7.05 Å². The minimum Gasteiger partial charge on any atom is -0.331 e. The normalized spacial score (nSPS) is 9.90. The highest BCUT2D eigenvalue weighted by Gasteiger charge is 2.14. The maximum atomic E-state index is 11.8. The second-order valence-electron chi connectivity index (χ2n) is 3.90. The molecule has 1 heterocycles. The lowest BCUT2D eigenvalue weighted by molar-refractivity contribution is 0.0938. The van der Waals surface area contributed by atoms with Gasteiger partial charge in [-0.25, -0.2) is 0 Å². The summed E-state index contributed by atoms with van der Waals surface area (Å²) >= 11 is 10.9. The summed E-state index contributed by atoms with van der Waals surface area (Å²) in [5, 5.41) is 7.39. The number of amides is 1. The number of hydrazine groups is 1. The Morgan fingerprint density at radius 3 is 2.60 bits per heavy atom. The first-order chi connectivity index (χ1) is 9.56. The van der Waals surface area contributed by atoms with Crippen LogP contribution in [0.4, 0.5) is 5.69 Å². The fourth-order valence-corrected chi connectivity index (χ4v) is 1.90. The molecule has 1 aromatic heterocycles. The van der Waals surface area contributed by atoms with Gasteiger partial charge < -0.3 is 5.32 Å². The first-order valence-corrected chi connectivity index (χ1v) is 6.46. The average molecular weight is 310 g/mol. The zero-order valence-corrected chi connectivity index (χ0v) is 12.1. The van der Waals surface area contributed by atoms with Crippen molar-refractivity contribution >= 4 is 40.5 Å². The third-order valence-corrected chi connectivity index (χ3v) is 2.80. The van der Waals surface area contributed by atoms with Gasteiger partial charge in [-0.05, 0) is 24.4 Å². The molecule has 2 aromatic rings. The number of nitrogens with one attached hydrogen (secondary N) is 3. The van der Waals surface area contributed by atoms with E-state index in [0.717, 1.165) is 5.69 Å². The summed E-state index contributed by atoms with van der Waals surface area (Å²) in [4.78, 5) is 11.8. The molecule has 104 valence electrons. The van der Waals surface area contributed by atoms with Gasteiger partial charge in [0.2, 0.25) is 0 Å². The molecule has 0 atom stereocenters. The van der Waals surface area contributed by atoms with Crippen molar-refractivity contribution in [2.45, 2.75) is 0 Å². The number of thiocarbonyl (C=S) groups is 1. The quantitative estimate of drug-likeness (QED) is 0.582. The van der Waals surface area contributed by atoms with Crippen LogP contribution in [0.1, 0.15) is 10.5 Å². The minimum atomic E-state index is -0.465. The van der Waals surface area contributed by atoms with E-state index in [-0.39, 0.29) is 15.8 Å². The number of anilines is 1. The second-order valence-corrected chi connectivity index (χ2v) is 4.71. The van der Waals surface area contributed by atoms with Crippen LogP contribution >= 0.6 is 23.8 Å². The average Bonchev–Trinajstić information content (AvgIpc) is 2.76. The Hall–Kier alpha value is -2.12. The van der Waals surface area contributed by atoms with E-state index in [1.54, 1.807) is 7.05 Å². The molecule has 0 saturated heterocycles. The van der Waals surface area contributed by atoms with Crippen molar-refractivity contribution in [3.05, 3.63) is 47.2 Å². The lowest BCUT2D eigenvalue weighted by atomic mass is 10.3. The van der Waals surface area contributed by atoms with Crippen LogP contribution in [-0.4, -0.2) is 20.8 Å². The third kappa shape index (κ3) is 3.69. The van der Waals surface area contributed by atoms with Crippen LogP contribution in [0.25, 0.3) is 0 Å². The topological polar surface area (TPSA) is 71.0 Å². The van der Waals surface area contributed by atoms with Gasteiger partial charge in [0.25, 0.3) is 5.91 Å². The molecule has 1 amide bonds. The summed E-state index contributed by atoms with van der Waals surface area (Å²) in [6.07, 6.45) is 1.54. The first kappa shape index (κ1) is 14.3. The number of aromatic nitrogens is 2. The maximum absolute atomic E-state index is 11.8. The lowest BCUT2D eigenvalue weighted by Gasteiger charge is -2.10. The van der Waals surface area contributed by atoms with E-state index < -0.39 is 5.91 Å². The van der Waals surface area contributed by atoms with E-state index in [4.69, 9.17) is 23.8 Å². The number of nitrogens with zero attached hydrogens (tertiary/aromatic N) is 2. The molecule has 1 aromatic carbocycles. The summed E-state index contributed by atoms with van der Waals surface area (Å²) in [6, 6.07) is 9.34. The van der Waals surface area contributed by atoms with E-state index in [0.29, 0.717) is 0 Å². The van der Waals surface area contributed by atoms with Gasteiger partial charge in [-0.15, -0.1) is 0 Å². The highest BCUT2D eigenvalue weighted by atomic mass is 35.5. The Kier molecular flexibility index (Phi) is 4.54. The molecule has 0 aliphatic heterocycles. The van der Waals surface area contributed by atoms with Gasteiger partial charge in [-0.2, -0.15) is 5.10 Å². The third-order valence-electron chi connectivity index (χ3n) is 2.32. The van der Waals surface area contributed by atoms with Crippen LogP contribution < -0.4 is 16.2 Å². The lowest BCUT2D eigenvalue weighted by Crippen LogP contribution is -2.44. The van der Waals surface area contributed by atoms with Crippen LogP contribution in [-0.2, 0) is 7.05 Å². The van der Waals surface area contributed by atoms with Gasteiger partial charge in [-0.1, -0.05) is 29.8 Å². The zero-order chi connectivity index (χ0) is 14.5. The highest BCUT2D eigenvalue weighted by molar-refractivity contribution is 7.80. The van der Waals surface area contributed by atoms with Crippen molar-refractivity contribution in [3.63, 3.8) is 0 Å². The molecule has 0 aliphatic carbocycles. The molecule has 2 rings (SSSR count). The van der Waals surface area contributed by atoms with Gasteiger partial charge in [-0.3, -0.25) is 20.3 Å². The summed E-state index contributed by atoms with van der Waals surface area (Å²) in [6.45, 7) is 0. The molecule has 0 unspecified atom stereocenters. The molecular weight excluding hydrogens is 298 g/mol. The van der Waals surface area contributed by atoms with Gasteiger partial charge >= 0.3 is 0 Å². The summed E-state index contributed by atoms with van der Waals surface area (Å²) < 4.78 is 1.46. The Labute approximate surface area is 126 Å². The van der Waals surface area contributed by atoms with Gasteiger partial charge in [0, 0.05) is 18.9 Å². The number of aryl methyl sites for hydroxylation is 1. The smallest absolute Gasteiger partial charge is 0.291 e. The fourth-order valence-electron chi connectivity index (χ4n) is 1.47. The van der Waals surface area contributed by atoms with Crippen LogP contribution in [0.15, 0.2) is 36.5 Å². The molecule has 0 aliphatic rings. The van der Waals surface area contributed by atoms with E-state index in [1.165, 1.54) is 10.9 Å². The van der Waals surface area contributed by atoms with Crippen LogP contribution in [0.2, 0.25) is 5.02 Å². The van der Waals surface area contributed by atoms with Crippen LogP contribution in [0.5, 0.6) is 0 Å². The van der Waals surface area contributed by atoms with Crippen molar-refractivity contribution in [1.82, 2.24) is 20.6 Å².